The fourth-order valence-corrected chi connectivity index (χ4v) is 5.82. The van der Waals surface area contributed by atoms with Crippen molar-refractivity contribution in [3.63, 3.8) is 0 Å². The number of piperidine rings is 1. The van der Waals surface area contributed by atoms with Crippen molar-refractivity contribution >= 4 is 21.8 Å². The van der Waals surface area contributed by atoms with Crippen molar-refractivity contribution in [2.24, 2.45) is 16.2 Å². The SMILES string of the molecule is CN(CC(=O)N1CC[C@H]2CCCC[C@@H]2C1)C1=NS(=O)(=O)c2ccccc21. The van der Waals surface area contributed by atoms with Gasteiger partial charge >= 0.3 is 0 Å². The van der Waals surface area contributed by atoms with Crippen LogP contribution in [0.2, 0.25) is 0 Å². The van der Waals surface area contributed by atoms with E-state index in [1.807, 2.05) is 4.90 Å². The number of hydrogen-bond donors (Lipinski definition) is 0. The second-order valence-corrected chi connectivity index (χ2v) is 9.25. The highest BCUT2D eigenvalue weighted by Crippen LogP contribution is 2.36. The summed E-state index contributed by atoms with van der Waals surface area (Å²) in [6, 6.07) is 6.78. The highest BCUT2D eigenvalue weighted by molar-refractivity contribution is 7.90. The van der Waals surface area contributed by atoms with E-state index in [2.05, 4.69) is 4.40 Å². The number of sulfonamides is 1. The Kier molecular flexibility index (Phi) is 4.50. The number of carbonyl (C=O) groups excluding carboxylic acids is 1. The van der Waals surface area contributed by atoms with Crippen molar-refractivity contribution in [1.29, 1.82) is 0 Å². The lowest BCUT2D eigenvalue weighted by molar-refractivity contribution is -0.134. The molecule has 4 rings (SSSR count). The normalized spacial score (nSPS) is 26.7. The molecule has 1 aromatic rings. The molecule has 0 bridgehead atoms. The van der Waals surface area contributed by atoms with Crippen LogP contribution in [0.15, 0.2) is 33.6 Å². The Hall–Kier alpha value is -1.89. The van der Waals surface area contributed by atoms with Crippen molar-refractivity contribution < 1.29 is 13.2 Å². The molecule has 0 aromatic heterocycles. The summed E-state index contributed by atoms with van der Waals surface area (Å²) in [5, 5.41) is 0. The summed E-state index contributed by atoms with van der Waals surface area (Å²) in [7, 11) is -1.92. The lowest BCUT2D eigenvalue weighted by atomic mass is 9.75. The summed E-state index contributed by atoms with van der Waals surface area (Å²) in [6.45, 7) is 1.81. The number of carbonyl (C=O) groups is 1. The minimum Gasteiger partial charge on any atom is -0.349 e. The zero-order valence-corrected chi connectivity index (χ0v) is 15.9. The first-order chi connectivity index (χ1) is 12.5. The number of likely N-dealkylation sites (tertiary alicyclic amines) is 1. The van der Waals surface area contributed by atoms with Gasteiger partial charge in [0.25, 0.3) is 10.0 Å². The molecule has 0 unspecified atom stereocenters. The van der Waals surface area contributed by atoms with Crippen molar-refractivity contribution in [2.75, 3.05) is 26.7 Å². The number of likely N-dealkylation sites (N-methyl/N-ethyl adjacent to an activating group) is 1. The minimum absolute atomic E-state index is 0.0565. The Balaban J connectivity index is 1.45. The lowest BCUT2D eigenvalue weighted by Gasteiger charge is -2.41. The molecular weight excluding hydrogens is 350 g/mol. The van der Waals surface area contributed by atoms with Gasteiger partial charge in [-0.15, -0.1) is 4.40 Å². The van der Waals surface area contributed by atoms with Gasteiger partial charge in [0.1, 0.15) is 4.90 Å². The Bertz CT molecular complexity index is 849. The maximum absolute atomic E-state index is 12.8. The molecule has 3 aliphatic rings. The van der Waals surface area contributed by atoms with E-state index in [1.54, 1.807) is 36.2 Å². The molecular formula is C19H25N3O3S. The topological polar surface area (TPSA) is 70.1 Å². The van der Waals surface area contributed by atoms with Gasteiger partial charge in [-0.1, -0.05) is 31.4 Å². The Morgan fingerprint density at radius 2 is 1.92 bits per heavy atom. The smallest absolute Gasteiger partial charge is 0.285 e. The fraction of sp³-hybridized carbons (Fsp3) is 0.579. The van der Waals surface area contributed by atoms with Gasteiger partial charge in [0.2, 0.25) is 5.91 Å². The van der Waals surface area contributed by atoms with Crippen LogP contribution in [-0.2, 0) is 14.8 Å². The first-order valence-corrected chi connectivity index (χ1v) is 10.8. The van der Waals surface area contributed by atoms with Gasteiger partial charge < -0.3 is 9.80 Å². The summed E-state index contributed by atoms with van der Waals surface area (Å²) in [6.07, 6.45) is 6.22. The first-order valence-electron chi connectivity index (χ1n) is 9.39. The molecule has 0 radical (unpaired) electrons. The molecule has 1 amide bonds. The van der Waals surface area contributed by atoms with Crippen LogP contribution in [0.25, 0.3) is 0 Å². The number of benzene rings is 1. The van der Waals surface area contributed by atoms with Gasteiger partial charge in [-0.05, 0) is 36.8 Å². The predicted octanol–water partition coefficient (Wildman–Crippen LogP) is 2.11. The molecule has 0 spiro atoms. The Labute approximate surface area is 154 Å². The highest BCUT2D eigenvalue weighted by Gasteiger charge is 2.35. The van der Waals surface area contributed by atoms with E-state index < -0.39 is 10.0 Å². The first kappa shape index (κ1) is 17.5. The van der Waals surface area contributed by atoms with Crippen LogP contribution in [0.5, 0.6) is 0 Å². The largest absolute Gasteiger partial charge is 0.349 e. The van der Waals surface area contributed by atoms with Crippen molar-refractivity contribution in [3.05, 3.63) is 29.8 Å². The molecule has 6 nitrogen and oxygen atoms in total. The molecule has 7 heteroatoms. The summed E-state index contributed by atoms with van der Waals surface area (Å²) in [4.78, 5) is 16.6. The van der Waals surface area contributed by atoms with E-state index in [9.17, 15) is 13.2 Å². The molecule has 140 valence electrons. The molecule has 26 heavy (non-hydrogen) atoms. The number of nitrogens with zero attached hydrogens (tertiary/aromatic N) is 3. The highest BCUT2D eigenvalue weighted by atomic mass is 32.2. The van der Waals surface area contributed by atoms with Crippen molar-refractivity contribution in [3.8, 4) is 0 Å². The van der Waals surface area contributed by atoms with E-state index in [1.165, 1.54) is 25.7 Å². The van der Waals surface area contributed by atoms with E-state index in [-0.39, 0.29) is 17.3 Å². The molecule has 0 N–H and O–H groups in total. The van der Waals surface area contributed by atoms with Crippen LogP contribution in [0.3, 0.4) is 0 Å². The summed E-state index contributed by atoms with van der Waals surface area (Å²) in [5.41, 5.74) is 0.578. The molecule has 2 heterocycles. The fourth-order valence-electron chi connectivity index (χ4n) is 4.57. The maximum atomic E-state index is 12.8. The Morgan fingerprint density at radius 1 is 1.19 bits per heavy atom. The molecule has 2 fully saturated rings. The average molecular weight is 375 g/mol. The predicted molar refractivity (Wildman–Crippen MR) is 99.4 cm³/mol. The summed E-state index contributed by atoms with van der Waals surface area (Å²) in [5.74, 6) is 1.83. The van der Waals surface area contributed by atoms with E-state index in [0.717, 1.165) is 25.4 Å². The van der Waals surface area contributed by atoms with Crippen molar-refractivity contribution in [2.45, 2.75) is 37.0 Å². The standard InChI is InChI=1S/C19H25N3O3S/c1-21(19-16-8-4-5-9-17(16)26(24,25)20-19)13-18(23)22-11-10-14-6-2-3-7-15(14)12-22/h4-5,8-9,14-15H,2-3,6-7,10-13H2,1H3/t14-,15-/m1/s1. The minimum atomic E-state index is -3.65. The lowest BCUT2D eigenvalue weighted by Crippen LogP contribution is -2.48. The molecule has 1 saturated carbocycles. The second-order valence-electron chi connectivity index (χ2n) is 7.68. The van der Waals surface area contributed by atoms with Gasteiger partial charge in [0.05, 0.1) is 6.54 Å². The van der Waals surface area contributed by atoms with Gasteiger partial charge in [-0.3, -0.25) is 4.79 Å². The second kappa shape index (κ2) is 6.68. The van der Waals surface area contributed by atoms with Gasteiger partial charge in [-0.25, -0.2) is 0 Å². The van der Waals surface area contributed by atoms with E-state index >= 15 is 0 Å². The van der Waals surface area contributed by atoms with Crippen LogP contribution in [-0.4, -0.2) is 56.6 Å². The van der Waals surface area contributed by atoms with Crippen molar-refractivity contribution in [1.82, 2.24) is 9.80 Å². The molecule has 1 aliphatic carbocycles. The number of rotatable bonds is 2. The van der Waals surface area contributed by atoms with Crippen LogP contribution in [0.1, 0.15) is 37.7 Å². The number of fused-ring (bicyclic) bond motifs is 2. The van der Waals surface area contributed by atoms with E-state index in [4.69, 9.17) is 0 Å². The zero-order chi connectivity index (χ0) is 18.3. The monoisotopic (exact) mass is 375 g/mol. The van der Waals surface area contributed by atoms with Crippen LogP contribution < -0.4 is 0 Å². The molecule has 2 atom stereocenters. The molecule has 1 saturated heterocycles. The third kappa shape index (κ3) is 3.13. The Morgan fingerprint density at radius 3 is 2.73 bits per heavy atom. The molecule has 2 aliphatic heterocycles. The number of hydrogen-bond acceptors (Lipinski definition) is 4. The van der Waals surface area contributed by atoms with Gasteiger partial charge in [0.15, 0.2) is 5.84 Å². The zero-order valence-electron chi connectivity index (χ0n) is 15.1. The third-order valence-electron chi connectivity index (χ3n) is 5.99. The van der Waals surface area contributed by atoms with Gasteiger partial charge in [0, 0.05) is 25.7 Å². The summed E-state index contributed by atoms with van der Waals surface area (Å²) >= 11 is 0. The maximum Gasteiger partial charge on any atom is 0.285 e. The van der Waals surface area contributed by atoms with Crippen LogP contribution in [0, 0.1) is 11.8 Å². The van der Waals surface area contributed by atoms with Gasteiger partial charge in [-0.2, -0.15) is 8.42 Å². The quantitative estimate of drug-likeness (QED) is 0.794. The van der Waals surface area contributed by atoms with Crippen LogP contribution in [0.4, 0.5) is 0 Å². The van der Waals surface area contributed by atoms with Crippen LogP contribution >= 0.6 is 0 Å². The average Bonchev–Trinajstić information content (AvgIpc) is 2.93. The number of amidine groups is 1. The summed E-state index contributed by atoms with van der Waals surface area (Å²) < 4.78 is 28.3. The van der Waals surface area contributed by atoms with E-state index in [0.29, 0.717) is 17.3 Å². The third-order valence-corrected chi connectivity index (χ3v) is 7.32. The number of amides is 1. The molecule has 1 aromatic carbocycles.